The highest BCUT2D eigenvalue weighted by molar-refractivity contribution is 5.39. The Morgan fingerprint density at radius 1 is 1.47 bits per heavy atom. The second-order valence-electron chi connectivity index (χ2n) is 4.94. The molecule has 2 saturated carbocycles. The van der Waals surface area contributed by atoms with Crippen LogP contribution in [0.15, 0.2) is 18.3 Å². The summed E-state index contributed by atoms with van der Waals surface area (Å²) in [5.41, 5.74) is 0.323. The first kappa shape index (κ1) is 10.5. The van der Waals surface area contributed by atoms with E-state index in [4.69, 9.17) is 4.74 Å². The van der Waals surface area contributed by atoms with Crippen molar-refractivity contribution in [3.05, 3.63) is 28.4 Å². The van der Waals surface area contributed by atoms with E-state index >= 15 is 0 Å². The molecule has 2 fully saturated rings. The van der Waals surface area contributed by atoms with Gasteiger partial charge in [-0.1, -0.05) is 0 Å². The topological polar surface area (TPSA) is 65.3 Å². The van der Waals surface area contributed by atoms with Crippen LogP contribution in [0.4, 0.5) is 5.82 Å². The van der Waals surface area contributed by atoms with Crippen molar-refractivity contribution in [3.8, 4) is 5.75 Å². The summed E-state index contributed by atoms with van der Waals surface area (Å²) < 4.78 is 5.84. The minimum absolute atomic E-state index is 0.144. The highest BCUT2D eigenvalue weighted by atomic mass is 16.6. The molecule has 1 unspecified atom stereocenters. The third-order valence-electron chi connectivity index (χ3n) is 3.91. The second kappa shape index (κ2) is 3.68. The predicted octanol–water partition coefficient (Wildman–Crippen LogP) is 2.70. The second-order valence-corrected chi connectivity index (χ2v) is 4.94. The predicted molar refractivity (Wildman–Crippen MR) is 60.8 cm³/mol. The van der Waals surface area contributed by atoms with Gasteiger partial charge in [0.15, 0.2) is 0 Å². The molecule has 0 aliphatic heterocycles. The average Bonchev–Trinajstić information content (AvgIpc) is 2.98. The number of aromatic nitrogens is 1. The first-order chi connectivity index (χ1) is 8.21. The molecule has 0 aromatic carbocycles. The highest BCUT2D eigenvalue weighted by Gasteiger charge is 2.53. The first-order valence-electron chi connectivity index (χ1n) is 5.97. The summed E-state index contributed by atoms with van der Waals surface area (Å²) >= 11 is 0. The number of nitrogens with zero attached hydrogens (tertiary/aromatic N) is 2. The van der Waals surface area contributed by atoms with Crippen LogP contribution < -0.4 is 4.74 Å². The standard InChI is InChI=1S/C12H14N2O3/c15-14(16)11-9(3-2-8-13-11)17-10-4-1-5-12(10)6-7-12/h2-3,8,10H,1,4-7H2. The zero-order chi connectivity index (χ0) is 11.9. The molecule has 2 aliphatic rings. The monoisotopic (exact) mass is 234 g/mol. The highest BCUT2D eigenvalue weighted by Crippen LogP contribution is 2.59. The molecule has 1 heterocycles. The Morgan fingerprint density at radius 2 is 2.29 bits per heavy atom. The fourth-order valence-electron chi connectivity index (χ4n) is 2.79. The van der Waals surface area contributed by atoms with Gasteiger partial charge in [0, 0.05) is 5.41 Å². The van der Waals surface area contributed by atoms with Gasteiger partial charge in [-0.2, -0.15) is 0 Å². The van der Waals surface area contributed by atoms with Crippen LogP contribution in [0.2, 0.25) is 0 Å². The third kappa shape index (κ3) is 1.75. The minimum atomic E-state index is -0.482. The normalized spacial score (nSPS) is 24.8. The number of ether oxygens (including phenoxy) is 1. The van der Waals surface area contributed by atoms with Gasteiger partial charge in [-0.15, -0.1) is 0 Å². The zero-order valence-electron chi connectivity index (χ0n) is 9.46. The maximum atomic E-state index is 10.8. The first-order valence-corrected chi connectivity index (χ1v) is 5.97. The molecule has 0 radical (unpaired) electrons. The van der Waals surface area contributed by atoms with Crippen LogP contribution in [0.3, 0.4) is 0 Å². The van der Waals surface area contributed by atoms with Crippen LogP contribution in [-0.4, -0.2) is 16.0 Å². The Morgan fingerprint density at radius 3 is 3.00 bits per heavy atom. The van der Waals surface area contributed by atoms with Crippen molar-refractivity contribution < 1.29 is 9.66 Å². The maximum Gasteiger partial charge on any atom is 0.406 e. The van der Waals surface area contributed by atoms with E-state index in [1.54, 1.807) is 12.1 Å². The Kier molecular flexibility index (Phi) is 2.28. The smallest absolute Gasteiger partial charge is 0.406 e. The molecule has 1 aromatic rings. The van der Waals surface area contributed by atoms with E-state index in [9.17, 15) is 10.1 Å². The lowest BCUT2D eigenvalue weighted by Gasteiger charge is -2.19. The summed E-state index contributed by atoms with van der Waals surface area (Å²) in [6, 6.07) is 3.32. The zero-order valence-corrected chi connectivity index (χ0v) is 9.46. The molecule has 0 saturated heterocycles. The van der Waals surface area contributed by atoms with Gasteiger partial charge in [0.05, 0.1) is 0 Å². The van der Waals surface area contributed by atoms with Crippen LogP contribution in [0.5, 0.6) is 5.75 Å². The van der Waals surface area contributed by atoms with E-state index in [0.29, 0.717) is 11.2 Å². The molecule has 5 heteroatoms. The number of hydrogen-bond donors (Lipinski definition) is 0. The lowest BCUT2D eigenvalue weighted by molar-refractivity contribution is -0.390. The molecule has 5 nitrogen and oxygen atoms in total. The molecular weight excluding hydrogens is 220 g/mol. The van der Waals surface area contributed by atoms with Gasteiger partial charge >= 0.3 is 5.82 Å². The number of hydrogen-bond acceptors (Lipinski definition) is 4. The number of rotatable bonds is 3. The fraction of sp³-hybridized carbons (Fsp3) is 0.583. The minimum Gasteiger partial charge on any atom is -0.482 e. The molecule has 0 N–H and O–H groups in total. The molecule has 1 aromatic heterocycles. The van der Waals surface area contributed by atoms with Gasteiger partial charge in [0.1, 0.15) is 12.3 Å². The van der Waals surface area contributed by atoms with Gasteiger partial charge < -0.3 is 14.9 Å². The molecule has 2 aliphatic carbocycles. The van der Waals surface area contributed by atoms with Crippen molar-refractivity contribution in [1.29, 1.82) is 0 Å². The molecule has 90 valence electrons. The van der Waals surface area contributed by atoms with Crippen LogP contribution in [-0.2, 0) is 0 Å². The van der Waals surface area contributed by atoms with Crippen molar-refractivity contribution in [2.24, 2.45) is 5.41 Å². The van der Waals surface area contributed by atoms with E-state index in [2.05, 4.69) is 4.98 Å². The maximum absolute atomic E-state index is 10.8. The molecular formula is C12H14N2O3. The summed E-state index contributed by atoms with van der Waals surface area (Å²) in [5.74, 6) is 0.144. The Labute approximate surface area is 99.0 Å². The summed E-state index contributed by atoms with van der Waals surface area (Å²) in [5, 5.41) is 10.8. The third-order valence-corrected chi connectivity index (χ3v) is 3.91. The van der Waals surface area contributed by atoms with Gasteiger partial charge in [-0.25, -0.2) is 0 Å². The summed E-state index contributed by atoms with van der Waals surface area (Å²) in [6.07, 6.45) is 7.34. The van der Waals surface area contributed by atoms with Crippen LogP contribution >= 0.6 is 0 Å². The van der Waals surface area contributed by atoms with E-state index in [-0.39, 0.29) is 11.9 Å². The van der Waals surface area contributed by atoms with Gasteiger partial charge in [-0.05, 0) is 54.1 Å². The van der Waals surface area contributed by atoms with Crippen LogP contribution in [0.1, 0.15) is 32.1 Å². The van der Waals surface area contributed by atoms with Gasteiger partial charge in [0.2, 0.25) is 5.75 Å². The lowest BCUT2D eigenvalue weighted by Crippen LogP contribution is -2.23. The van der Waals surface area contributed by atoms with Gasteiger partial charge in [0.25, 0.3) is 0 Å². The van der Waals surface area contributed by atoms with E-state index in [0.717, 1.165) is 6.42 Å². The summed E-state index contributed by atoms with van der Waals surface area (Å²) in [4.78, 5) is 14.1. The molecule has 17 heavy (non-hydrogen) atoms. The Bertz CT molecular complexity index is 457. The summed E-state index contributed by atoms with van der Waals surface area (Å²) in [6.45, 7) is 0. The molecule has 1 atom stereocenters. The van der Waals surface area contributed by atoms with Crippen molar-refractivity contribution >= 4 is 5.82 Å². The SMILES string of the molecule is O=[N+]([O-])c1ncccc1OC1CCCC12CC2. The number of nitro groups is 1. The van der Waals surface area contributed by atoms with Crippen molar-refractivity contribution in [1.82, 2.24) is 4.98 Å². The van der Waals surface area contributed by atoms with Crippen molar-refractivity contribution in [2.75, 3.05) is 0 Å². The van der Waals surface area contributed by atoms with E-state index < -0.39 is 4.92 Å². The molecule has 0 amide bonds. The van der Waals surface area contributed by atoms with Crippen LogP contribution in [0, 0.1) is 15.5 Å². The Hall–Kier alpha value is -1.65. The van der Waals surface area contributed by atoms with E-state index in [1.807, 2.05) is 0 Å². The Balaban J connectivity index is 1.83. The lowest BCUT2D eigenvalue weighted by atomic mass is 10.0. The molecule has 0 bridgehead atoms. The fourth-order valence-corrected chi connectivity index (χ4v) is 2.79. The quantitative estimate of drug-likeness (QED) is 0.595. The largest absolute Gasteiger partial charge is 0.482 e. The van der Waals surface area contributed by atoms with Crippen molar-refractivity contribution in [2.45, 2.75) is 38.2 Å². The van der Waals surface area contributed by atoms with Gasteiger partial charge in [-0.3, -0.25) is 0 Å². The number of pyridine rings is 1. The van der Waals surface area contributed by atoms with E-state index in [1.165, 1.54) is 31.9 Å². The molecule has 3 rings (SSSR count). The van der Waals surface area contributed by atoms with Crippen molar-refractivity contribution in [3.63, 3.8) is 0 Å². The van der Waals surface area contributed by atoms with Crippen LogP contribution in [0.25, 0.3) is 0 Å². The average molecular weight is 234 g/mol. The summed E-state index contributed by atoms with van der Waals surface area (Å²) in [7, 11) is 0. The molecule has 1 spiro atoms.